The van der Waals surface area contributed by atoms with E-state index in [1.54, 1.807) is 6.92 Å². The molecular weight excluding hydrogens is 448 g/mol. The minimum atomic E-state index is -0.825. The Morgan fingerprint density at radius 3 is 2.50 bits per heavy atom. The van der Waals surface area contributed by atoms with E-state index in [0.29, 0.717) is 37.0 Å². The van der Waals surface area contributed by atoms with Crippen LogP contribution in [0.4, 0.5) is 0 Å². The largest absolute Gasteiger partial charge is 0.464 e. The average molecular weight is 485 g/mol. The molecule has 5 nitrogen and oxygen atoms in total. The third kappa shape index (κ3) is 5.17. The van der Waals surface area contributed by atoms with E-state index in [2.05, 4.69) is 72.2 Å². The number of amides is 1. The number of ether oxygens (including phenoxy) is 1. The number of fused-ring (bicyclic) bond motifs is 1. The van der Waals surface area contributed by atoms with Crippen molar-refractivity contribution in [2.45, 2.75) is 75.9 Å². The Kier molecular flexibility index (Phi) is 7.10. The second-order valence-corrected chi connectivity index (χ2v) is 10.4. The molecule has 0 aromatic heterocycles. The molecule has 3 aromatic carbocycles. The molecular formula is C31H36N2O3. The highest BCUT2D eigenvalue weighted by Gasteiger charge is 2.52. The lowest BCUT2D eigenvalue weighted by molar-refractivity contribution is -0.146. The zero-order chi connectivity index (χ0) is 25.1. The minimum Gasteiger partial charge on any atom is -0.464 e. The zero-order valence-corrected chi connectivity index (χ0v) is 21.3. The smallest absolute Gasteiger partial charge is 0.331 e. The van der Waals surface area contributed by atoms with E-state index in [0.717, 1.165) is 6.42 Å². The first-order chi connectivity index (χ1) is 17.5. The van der Waals surface area contributed by atoms with Crippen LogP contribution in [-0.4, -0.2) is 30.1 Å². The van der Waals surface area contributed by atoms with Crippen LogP contribution in [0.1, 0.15) is 85.8 Å². The number of hydrogen-bond donors (Lipinski definition) is 2. The summed E-state index contributed by atoms with van der Waals surface area (Å²) in [6.45, 7) is 4.37. The number of hydrogen-bond acceptors (Lipinski definition) is 4. The number of carbonyl (C=O) groups excluding carboxylic acids is 2. The van der Waals surface area contributed by atoms with Crippen LogP contribution in [0.3, 0.4) is 0 Å². The maximum atomic E-state index is 12.8. The van der Waals surface area contributed by atoms with Crippen LogP contribution in [-0.2, 0) is 9.53 Å². The molecule has 0 unspecified atom stereocenters. The normalized spacial score (nSPS) is 21.5. The predicted octanol–water partition coefficient (Wildman–Crippen LogP) is 6.04. The van der Waals surface area contributed by atoms with Crippen LogP contribution in [0.25, 0.3) is 10.8 Å². The lowest BCUT2D eigenvalue weighted by Gasteiger charge is -2.32. The Labute approximate surface area is 213 Å². The first-order valence-corrected chi connectivity index (χ1v) is 13.3. The maximum absolute atomic E-state index is 12.8. The molecule has 5 heteroatoms. The van der Waals surface area contributed by atoms with E-state index in [4.69, 9.17) is 4.74 Å². The van der Waals surface area contributed by atoms with Gasteiger partial charge in [0.25, 0.3) is 5.91 Å². The third-order valence-corrected chi connectivity index (χ3v) is 7.86. The highest BCUT2D eigenvalue weighted by molar-refractivity contribution is 5.99. The van der Waals surface area contributed by atoms with Gasteiger partial charge in [0.15, 0.2) is 0 Å². The van der Waals surface area contributed by atoms with Gasteiger partial charge < -0.3 is 15.4 Å². The SMILES string of the molecule is CCOC(=O)C1(NC(=O)c2ccc([C@H]3CCC[C@H](N[C@H](C)c4cccc5ccccc45)C3)cc2)CC1. The van der Waals surface area contributed by atoms with Crippen molar-refractivity contribution in [2.75, 3.05) is 6.61 Å². The molecule has 5 rings (SSSR count). The van der Waals surface area contributed by atoms with Crippen LogP contribution < -0.4 is 10.6 Å². The second-order valence-electron chi connectivity index (χ2n) is 10.4. The Balaban J connectivity index is 1.21. The second kappa shape index (κ2) is 10.4. The summed E-state index contributed by atoms with van der Waals surface area (Å²) < 4.78 is 5.13. The van der Waals surface area contributed by atoms with Gasteiger partial charge in [-0.25, -0.2) is 4.79 Å². The molecule has 2 N–H and O–H groups in total. The van der Waals surface area contributed by atoms with Gasteiger partial charge in [-0.1, -0.05) is 61.0 Å². The van der Waals surface area contributed by atoms with Crippen LogP contribution in [0.15, 0.2) is 66.7 Å². The monoisotopic (exact) mass is 484 g/mol. The van der Waals surface area contributed by atoms with E-state index in [1.807, 2.05) is 12.1 Å². The minimum absolute atomic E-state index is 0.209. The van der Waals surface area contributed by atoms with Crippen LogP contribution in [0, 0.1) is 0 Å². The predicted molar refractivity (Wildman–Crippen MR) is 143 cm³/mol. The summed E-state index contributed by atoms with van der Waals surface area (Å²) in [6.07, 6.45) is 5.91. The molecule has 2 aliphatic carbocycles. The molecule has 0 saturated heterocycles. The van der Waals surface area contributed by atoms with Gasteiger partial charge in [-0.3, -0.25) is 4.79 Å². The Bertz CT molecular complexity index is 1230. The molecule has 2 aliphatic rings. The lowest BCUT2D eigenvalue weighted by atomic mass is 9.80. The molecule has 0 spiro atoms. The van der Waals surface area contributed by atoms with E-state index in [-0.39, 0.29) is 17.9 Å². The number of carbonyl (C=O) groups is 2. The summed E-state index contributed by atoms with van der Waals surface area (Å²) >= 11 is 0. The van der Waals surface area contributed by atoms with Gasteiger partial charge in [-0.05, 0) is 85.9 Å². The van der Waals surface area contributed by atoms with Gasteiger partial charge in [0.1, 0.15) is 5.54 Å². The van der Waals surface area contributed by atoms with Gasteiger partial charge in [-0.2, -0.15) is 0 Å². The molecule has 0 radical (unpaired) electrons. The molecule has 3 atom stereocenters. The molecule has 0 bridgehead atoms. The van der Waals surface area contributed by atoms with Gasteiger partial charge in [0.2, 0.25) is 0 Å². The van der Waals surface area contributed by atoms with Crippen molar-refractivity contribution in [2.24, 2.45) is 0 Å². The highest BCUT2D eigenvalue weighted by atomic mass is 16.5. The fraction of sp³-hybridized carbons (Fsp3) is 0.419. The van der Waals surface area contributed by atoms with E-state index >= 15 is 0 Å². The third-order valence-electron chi connectivity index (χ3n) is 7.86. The van der Waals surface area contributed by atoms with Crippen LogP contribution >= 0.6 is 0 Å². The fourth-order valence-electron chi connectivity index (χ4n) is 5.69. The molecule has 1 amide bonds. The first-order valence-electron chi connectivity index (χ1n) is 13.3. The summed E-state index contributed by atoms with van der Waals surface area (Å²) in [4.78, 5) is 24.9. The van der Waals surface area contributed by atoms with E-state index in [1.165, 1.54) is 41.2 Å². The highest BCUT2D eigenvalue weighted by Crippen LogP contribution is 2.37. The topological polar surface area (TPSA) is 67.4 Å². The van der Waals surface area contributed by atoms with E-state index in [9.17, 15) is 9.59 Å². The zero-order valence-electron chi connectivity index (χ0n) is 21.3. The van der Waals surface area contributed by atoms with Crippen LogP contribution in [0.5, 0.6) is 0 Å². The van der Waals surface area contributed by atoms with Gasteiger partial charge in [0.05, 0.1) is 6.61 Å². The van der Waals surface area contributed by atoms with Crippen LogP contribution in [0.2, 0.25) is 0 Å². The van der Waals surface area contributed by atoms with Crippen molar-refractivity contribution < 1.29 is 14.3 Å². The fourth-order valence-corrected chi connectivity index (χ4v) is 5.69. The Morgan fingerprint density at radius 2 is 1.75 bits per heavy atom. The van der Waals surface area contributed by atoms with Gasteiger partial charge >= 0.3 is 5.97 Å². The molecule has 2 fully saturated rings. The Hall–Kier alpha value is -3.18. The van der Waals surface area contributed by atoms with Gasteiger partial charge in [0, 0.05) is 17.6 Å². The standard InChI is InChI=1S/C31H36N2O3/c1-3-36-30(35)31(18-19-31)33-29(34)24-16-14-22(15-17-24)25-10-6-11-26(20-25)32-21(2)27-13-7-9-23-8-4-5-12-28(23)27/h4-5,7-9,12-17,21,25-26,32H,3,6,10-11,18-20H2,1-2H3,(H,33,34)/t21-,25+,26+/m1/s1. The van der Waals surface area contributed by atoms with Crippen molar-refractivity contribution in [1.82, 2.24) is 10.6 Å². The first kappa shape index (κ1) is 24.5. The van der Waals surface area contributed by atoms with Crippen molar-refractivity contribution >= 4 is 22.6 Å². The van der Waals surface area contributed by atoms with Gasteiger partial charge in [-0.15, -0.1) is 0 Å². The lowest BCUT2D eigenvalue weighted by Crippen LogP contribution is -2.44. The summed E-state index contributed by atoms with van der Waals surface area (Å²) in [5.41, 5.74) is 2.39. The van der Waals surface area contributed by atoms with Crippen molar-refractivity contribution in [3.63, 3.8) is 0 Å². The molecule has 2 saturated carbocycles. The van der Waals surface area contributed by atoms with Crippen molar-refractivity contribution in [3.8, 4) is 0 Å². The molecule has 36 heavy (non-hydrogen) atoms. The van der Waals surface area contributed by atoms with E-state index < -0.39 is 5.54 Å². The summed E-state index contributed by atoms with van der Waals surface area (Å²) in [5.74, 6) is -0.0602. The quantitative estimate of drug-likeness (QED) is 0.383. The van der Waals surface area contributed by atoms with Crippen molar-refractivity contribution in [1.29, 1.82) is 0 Å². The number of nitrogens with one attached hydrogen (secondary N) is 2. The number of esters is 1. The summed E-state index contributed by atoms with van der Waals surface area (Å²) in [7, 11) is 0. The molecule has 0 heterocycles. The summed E-state index contributed by atoms with van der Waals surface area (Å²) in [5, 5.41) is 9.40. The molecule has 188 valence electrons. The average Bonchev–Trinajstić information content (AvgIpc) is 3.69. The Morgan fingerprint density at radius 1 is 1.00 bits per heavy atom. The molecule has 3 aromatic rings. The summed E-state index contributed by atoms with van der Waals surface area (Å²) in [6, 6.07) is 23.8. The maximum Gasteiger partial charge on any atom is 0.331 e. The van der Waals surface area contributed by atoms with Crippen molar-refractivity contribution in [3.05, 3.63) is 83.4 Å². The number of benzene rings is 3. The molecule has 0 aliphatic heterocycles. The number of rotatable bonds is 8.